The largest absolute Gasteiger partial charge is 0.493 e. The van der Waals surface area contributed by atoms with Gasteiger partial charge < -0.3 is 9.64 Å². The van der Waals surface area contributed by atoms with Gasteiger partial charge in [-0.15, -0.1) is 24.8 Å². The number of hydrogen-bond donors (Lipinski definition) is 0. The van der Waals surface area contributed by atoms with Gasteiger partial charge in [-0.3, -0.25) is 9.69 Å². The monoisotopic (exact) mass is 440 g/mol. The topological polar surface area (TPSA) is 32.8 Å². The van der Waals surface area contributed by atoms with Crippen molar-refractivity contribution >= 4 is 36.3 Å². The van der Waals surface area contributed by atoms with Crippen molar-refractivity contribution in [2.24, 2.45) is 0 Å². The molecule has 1 aliphatic carbocycles. The zero-order valence-corrected chi connectivity index (χ0v) is 17.9. The molecule has 0 radical (unpaired) electrons. The van der Waals surface area contributed by atoms with E-state index in [0.29, 0.717) is 13.0 Å². The van der Waals surface area contributed by atoms with Crippen LogP contribution in [0.2, 0.25) is 0 Å². The second-order valence-corrected chi connectivity index (χ2v) is 7.21. The van der Waals surface area contributed by atoms with Crippen LogP contribution < -0.4 is 9.64 Å². The highest BCUT2D eigenvalue weighted by Gasteiger charge is 2.22. The highest BCUT2D eigenvalue weighted by molar-refractivity contribution is 6.01. The normalized spacial score (nSPS) is 16.0. The summed E-state index contributed by atoms with van der Waals surface area (Å²) in [5.74, 6) is 0.916. The van der Waals surface area contributed by atoms with E-state index in [1.807, 2.05) is 30.3 Å². The number of nitrogens with zero attached hydrogens (tertiary/aromatic N) is 2. The highest BCUT2D eigenvalue weighted by Crippen LogP contribution is 2.30. The van der Waals surface area contributed by atoms with E-state index in [0.717, 1.165) is 68.1 Å². The molecule has 1 fully saturated rings. The van der Waals surface area contributed by atoms with Crippen molar-refractivity contribution in [1.29, 1.82) is 0 Å². The number of piperazine rings is 1. The molecule has 2 aromatic rings. The standard InChI is InChI=1S/C22H25FN2O2.2ClH/c23-17-5-7-18(8-6-17)25-14-12-24(13-15-25)11-2-16-27-22-4-1-3-19-20(22)9-10-21(19)26;;/h1,3-8H,2,9-16H2;2*1H. The van der Waals surface area contributed by atoms with Gasteiger partial charge in [0.1, 0.15) is 11.6 Å². The summed E-state index contributed by atoms with van der Waals surface area (Å²) in [6.45, 7) is 5.61. The predicted octanol–water partition coefficient (Wildman–Crippen LogP) is 4.39. The molecule has 0 N–H and O–H groups in total. The maximum atomic E-state index is 13.0. The average molecular weight is 441 g/mol. The Morgan fingerprint density at radius 3 is 2.38 bits per heavy atom. The second kappa shape index (κ2) is 10.8. The number of carbonyl (C=O) groups excluding carboxylic acids is 1. The molecular formula is C22H27Cl2FN2O2. The molecule has 0 amide bonds. The fourth-order valence-electron chi connectivity index (χ4n) is 3.95. The molecule has 0 aromatic heterocycles. The number of halogens is 3. The third kappa shape index (κ3) is 5.62. The van der Waals surface area contributed by atoms with E-state index in [1.165, 1.54) is 12.1 Å². The highest BCUT2D eigenvalue weighted by atomic mass is 35.5. The summed E-state index contributed by atoms with van der Waals surface area (Å²) < 4.78 is 19.0. The minimum atomic E-state index is -0.189. The molecule has 0 atom stereocenters. The molecule has 4 rings (SSSR count). The van der Waals surface area contributed by atoms with Gasteiger partial charge in [-0.05, 0) is 43.2 Å². The average Bonchev–Trinajstić information content (AvgIpc) is 3.08. The van der Waals surface area contributed by atoms with Crippen molar-refractivity contribution in [1.82, 2.24) is 4.90 Å². The second-order valence-electron chi connectivity index (χ2n) is 7.21. The minimum absolute atomic E-state index is 0. The van der Waals surface area contributed by atoms with Crippen LogP contribution in [-0.4, -0.2) is 50.0 Å². The molecule has 1 heterocycles. The number of anilines is 1. The quantitative estimate of drug-likeness (QED) is 0.623. The summed E-state index contributed by atoms with van der Waals surface area (Å²) >= 11 is 0. The van der Waals surface area contributed by atoms with E-state index in [9.17, 15) is 9.18 Å². The summed E-state index contributed by atoms with van der Waals surface area (Å²) in [4.78, 5) is 16.6. The first kappa shape index (κ1) is 23.5. The molecule has 2 aromatic carbocycles. The third-order valence-electron chi connectivity index (χ3n) is 5.48. The molecule has 7 heteroatoms. The number of Topliss-reactive ketones (excluding diaryl/α,β-unsaturated/α-hetero) is 1. The van der Waals surface area contributed by atoms with Crippen LogP contribution in [0.4, 0.5) is 10.1 Å². The van der Waals surface area contributed by atoms with Crippen LogP contribution in [0.25, 0.3) is 0 Å². The van der Waals surface area contributed by atoms with E-state index in [4.69, 9.17) is 4.74 Å². The van der Waals surface area contributed by atoms with Crippen LogP contribution in [0.5, 0.6) is 5.75 Å². The molecule has 0 saturated carbocycles. The molecule has 1 saturated heterocycles. The fraction of sp³-hybridized carbons (Fsp3) is 0.409. The van der Waals surface area contributed by atoms with Crippen LogP contribution in [0, 0.1) is 5.82 Å². The van der Waals surface area contributed by atoms with Crippen LogP contribution in [0.3, 0.4) is 0 Å². The Bertz CT molecular complexity index is 809. The molecule has 1 aliphatic heterocycles. The van der Waals surface area contributed by atoms with Gasteiger partial charge in [0.25, 0.3) is 0 Å². The summed E-state index contributed by atoms with van der Waals surface area (Å²) in [7, 11) is 0. The van der Waals surface area contributed by atoms with Gasteiger partial charge in [-0.1, -0.05) is 12.1 Å². The molecule has 158 valence electrons. The molecule has 29 heavy (non-hydrogen) atoms. The Labute approximate surface area is 183 Å². The summed E-state index contributed by atoms with van der Waals surface area (Å²) in [5.41, 5.74) is 3.01. The van der Waals surface area contributed by atoms with E-state index in [2.05, 4.69) is 9.80 Å². The number of carbonyl (C=O) groups is 1. The molecule has 4 nitrogen and oxygen atoms in total. The lowest BCUT2D eigenvalue weighted by atomic mass is 10.1. The Kier molecular flexibility index (Phi) is 8.75. The number of benzene rings is 2. The van der Waals surface area contributed by atoms with Crippen molar-refractivity contribution in [3.8, 4) is 5.75 Å². The summed E-state index contributed by atoms with van der Waals surface area (Å²) in [5, 5.41) is 0. The predicted molar refractivity (Wildman–Crippen MR) is 119 cm³/mol. The van der Waals surface area contributed by atoms with Gasteiger partial charge in [0.2, 0.25) is 0 Å². The fourth-order valence-corrected chi connectivity index (χ4v) is 3.95. The van der Waals surface area contributed by atoms with E-state index in [1.54, 1.807) is 0 Å². The third-order valence-corrected chi connectivity index (χ3v) is 5.48. The van der Waals surface area contributed by atoms with Crippen molar-refractivity contribution in [3.05, 3.63) is 59.4 Å². The van der Waals surface area contributed by atoms with Crippen LogP contribution in [0.1, 0.15) is 28.8 Å². The number of ketones is 1. The Morgan fingerprint density at radius 1 is 0.931 bits per heavy atom. The molecule has 0 spiro atoms. The Morgan fingerprint density at radius 2 is 1.66 bits per heavy atom. The maximum absolute atomic E-state index is 13.0. The number of ether oxygens (including phenoxy) is 1. The number of rotatable bonds is 6. The zero-order chi connectivity index (χ0) is 18.6. The Balaban J connectivity index is 0.00000150. The first-order valence-electron chi connectivity index (χ1n) is 9.71. The van der Waals surface area contributed by atoms with Gasteiger partial charge in [0.05, 0.1) is 6.61 Å². The smallest absolute Gasteiger partial charge is 0.163 e. The van der Waals surface area contributed by atoms with E-state index < -0.39 is 0 Å². The SMILES string of the molecule is Cl.Cl.O=C1CCc2c(OCCCN3CCN(c4ccc(F)cc4)CC3)cccc21. The lowest BCUT2D eigenvalue weighted by Crippen LogP contribution is -2.46. The van der Waals surface area contributed by atoms with Crippen LogP contribution in [-0.2, 0) is 6.42 Å². The first-order valence-corrected chi connectivity index (χ1v) is 9.71. The van der Waals surface area contributed by atoms with Gasteiger partial charge in [0, 0.05) is 56.0 Å². The lowest BCUT2D eigenvalue weighted by Gasteiger charge is -2.36. The minimum Gasteiger partial charge on any atom is -0.493 e. The van der Waals surface area contributed by atoms with Crippen molar-refractivity contribution in [3.63, 3.8) is 0 Å². The Hall–Kier alpha value is -1.82. The lowest BCUT2D eigenvalue weighted by molar-refractivity contribution is 0.0994. The summed E-state index contributed by atoms with van der Waals surface area (Å²) in [6, 6.07) is 12.5. The van der Waals surface area contributed by atoms with Crippen LogP contribution >= 0.6 is 24.8 Å². The van der Waals surface area contributed by atoms with Gasteiger partial charge >= 0.3 is 0 Å². The van der Waals surface area contributed by atoms with Crippen LogP contribution in [0.15, 0.2) is 42.5 Å². The van der Waals surface area contributed by atoms with Gasteiger partial charge in [0.15, 0.2) is 5.78 Å². The molecule has 0 unspecified atom stereocenters. The van der Waals surface area contributed by atoms with E-state index >= 15 is 0 Å². The van der Waals surface area contributed by atoms with Crippen molar-refractivity contribution in [2.75, 3.05) is 44.2 Å². The first-order chi connectivity index (χ1) is 13.2. The van der Waals surface area contributed by atoms with Gasteiger partial charge in [-0.25, -0.2) is 4.39 Å². The maximum Gasteiger partial charge on any atom is 0.163 e. The number of hydrogen-bond acceptors (Lipinski definition) is 4. The molecular weight excluding hydrogens is 414 g/mol. The van der Waals surface area contributed by atoms with Crippen molar-refractivity contribution < 1.29 is 13.9 Å². The molecule has 0 bridgehead atoms. The zero-order valence-electron chi connectivity index (χ0n) is 16.3. The van der Waals surface area contributed by atoms with Crippen molar-refractivity contribution in [2.45, 2.75) is 19.3 Å². The number of fused-ring (bicyclic) bond motifs is 1. The van der Waals surface area contributed by atoms with Gasteiger partial charge in [-0.2, -0.15) is 0 Å². The molecule has 2 aliphatic rings. The van der Waals surface area contributed by atoms with E-state index in [-0.39, 0.29) is 36.4 Å². The summed E-state index contributed by atoms with van der Waals surface area (Å²) in [6.07, 6.45) is 2.37.